The highest BCUT2D eigenvalue weighted by Crippen LogP contribution is 2.37. The molecule has 0 N–H and O–H groups in total. The lowest BCUT2D eigenvalue weighted by atomic mass is 9.98. The number of halogens is 2. The van der Waals surface area contributed by atoms with Gasteiger partial charge in [-0.25, -0.2) is 12.4 Å². The van der Waals surface area contributed by atoms with Gasteiger partial charge in [-0.15, -0.1) is 0 Å². The van der Waals surface area contributed by atoms with Crippen molar-refractivity contribution in [3.8, 4) is 0 Å². The molecule has 1 unspecified atom stereocenters. The van der Waals surface area contributed by atoms with Crippen LogP contribution in [0.3, 0.4) is 0 Å². The summed E-state index contributed by atoms with van der Waals surface area (Å²) in [6.07, 6.45) is 5.85. The average molecular weight is 448 g/mol. The number of hydrogen-bond acceptors (Lipinski definition) is 2. The monoisotopic (exact) mass is 447 g/mol. The van der Waals surface area contributed by atoms with E-state index in [1.807, 2.05) is 31.2 Å². The van der Waals surface area contributed by atoms with Crippen LogP contribution in [0.2, 0.25) is 5.02 Å². The van der Waals surface area contributed by atoms with E-state index in [0.717, 1.165) is 14.5 Å². The summed E-state index contributed by atoms with van der Waals surface area (Å²) in [4.78, 5) is 0. The van der Waals surface area contributed by atoms with E-state index < -0.39 is 14.8 Å². The van der Waals surface area contributed by atoms with Gasteiger partial charge >= 0.3 is 0 Å². The van der Waals surface area contributed by atoms with Gasteiger partial charge in [0, 0.05) is 15.2 Å². The Labute approximate surface area is 148 Å². The highest BCUT2D eigenvalue weighted by atomic mass is 127. The topological polar surface area (TPSA) is 39.1 Å². The van der Waals surface area contributed by atoms with E-state index in [9.17, 15) is 8.42 Å². The Hall–Kier alpha value is -0.790. The van der Waals surface area contributed by atoms with Crippen molar-refractivity contribution in [2.24, 2.45) is 0 Å². The fourth-order valence-electron chi connectivity index (χ4n) is 2.77. The minimum atomic E-state index is -3.62. The zero-order chi connectivity index (χ0) is 16.1. The SMILES string of the molecule is CC1=CC(C)(S(=O)(=O)n2ccc3cccc(Cl)c32)CC=C1I. The standard InChI is InChI=1S/C16H15ClINO2S/c1-11-10-16(2,8-6-14(11)18)22(20,21)19-9-7-12-4-3-5-13(17)15(12)19/h3-7,9-10H,8H2,1-2H3. The van der Waals surface area contributed by atoms with Crippen LogP contribution in [-0.4, -0.2) is 17.1 Å². The second kappa shape index (κ2) is 5.39. The van der Waals surface area contributed by atoms with Crippen LogP contribution in [0.4, 0.5) is 0 Å². The van der Waals surface area contributed by atoms with E-state index in [0.29, 0.717) is 17.0 Å². The predicted molar refractivity (Wildman–Crippen MR) is 100 cm³/mol. The van der Waals surface area contributed by atoms with Crippen LogP contribution in [-0.2, 0) is 10.0 Å². The molecule has 6 heteroatoms. The van der Waals surface area contributed by atoms with Crippen molar-refractivity contribution in [3.63, 3.8) is 0 Å². The summed E-state index contributed by atoms with van der Waals surface area (Å²) in [5.41, 5.74) is 1.53. The Morgan fingerprint density at radius 3 is 2.73 bits per heavy atom. The fraction of sp³-hybridized carbons (Fsp3) is 0.250. The van der Waals surface area contributed by atoms with E-state index in [4.69, 9.17) is 11.6 Å². The minimum Gasteiger partial charge on any atom is -0.243 e. The Morgan fingerprint density at radius 1 is 1.32 bits per heavy atom. The molecule has 0 radical (unpaired) electrons. The molecule has 2 aromatic rings. The first-order chi connectivity index (χ1) is 10.3. The molecule has 0 fully saturated rings. The Morgan fingerprint density at radius 2 is 2.05 bits per heavy atom. The quantitative estimate of drug-likeness (QED) is 0.614. The number of aromatic nitrogens is 1. The number of nitrogens with zero attached hydrogens (tertiary/aromatic N) is 1. The molecule has 1 aliphatic carbocycles. The molecular weight excluding hydrogens is 433 g/mol. The van der Waals surface area contributed by atoms with Crippen molar-refractivity contribution < 1.29 is 8.42 Å². The fourth-order valence-corrected chi connectivity index (χ4v) is 5.20. The van der Waals surface area contributed by atoms with E-state index in [-0.39, 0.29) is 0 Å². The van der Waals surface area contributed by atoms with Crippen LogP contribution in [0.5, 0.6) is 0 Å². The first kappa shape index (κ1) is 16.1. The van der Waals surface area contributed by atoms with Gasteiger partial charge in [0.15, 0.2) is 0 Å². The lowest BCUT2D eigenvalue weighted by Gasteiger charge is -2.29. The molecule has 0 saturated heterocycles. The van der Waals surface area contributed by atoms with Crippen LogP contribution in [0.15, 0.2) is 51.8 Å². The van der Waals surface area contributed by atoms with Gasteiger partial charge in [-0.3, -0.25) is 0 Å². The van der Waals surface area contributed by atoms with Crippen LogP contribution < -0.4 is 0 Å². The zero-order valence-corrected chi connectivity index (χ0v) is 15.9. The Kier molecular flexibility index (Phi) is 3.94. The number of para-hydroxylation sites is 1. The van der Waals surface area contributed by atoms with Gasteiger partial charge in [-0.2, -0.15) is 0 Å². The maximum absolute atomic E-state index is 13.2. The molecule has 0 amide bonds. The summed E-state index contributed by atoms with van der Waals surface area (Å²) in [5, 5.41) is 1.26. The summed E-state index contributed by atoms with van der Waals surface area (Å²) < 4.78 is 27.9. The van der Waals surface area contributed by atoms with E-state index in [1.165, 1.54) is 3.97 Å². The van der Waals surface area contributed by atoms with Crippen molar-refractivity contribution in [1.82, 2.24) is 3.97 Å². The van der Waals surface area contributed by atoms with Gasteiger partial charge in [0.1, 0.15) is 4.75 Å². The van der Waals surface area contributed by atoms with Crippen LogP contribution in [0, 0.1) is 0 Å². The molecule has 0 aliphatic heterocycles. The second-order valence-corrected chi connectivity index (χ2v) is 9.54. The zero-order valence-electron chi connectivity index (χ0n) is 12.2. The number of rotatable bonds is 2. The summed E-state index contributed by atoms with van der Waals surface area (Å²) in [7, 11) is -3.62. The highest BCUT2D eigenvalue weighted by molar-refractivity contribution is 14.1. The predicted octanol–water partition coefficient (Wildman–Crippen LogP) is 4.90. The average Bonchev–Trinajstić information content (AvgIpc) is 2.89. The molecule has 0 saturated carbocycles. The van der Waals surface area contributed by atoms with Crippen LogP contribution in [0.25, 0.3) is 10.9 Å². The third kappa shape index (κ3) is 2.34. The molecule has 1 heterocycles. The maximum Gasteiger partial charge on any atom is 0.248 e. The van der Waals surface area contributed by atoms with E-state index in [1.54, 1.807) is 25.3 Å². The Balaban J connectivity index is 2.22. The number of allylic oxidation sites excluding steroid dienone is 3. The molecule has 1 aromatic heterocycles. The highest BCUT2D eigenvalue weighted by Gasteiger charge is 2.40. The molecule has 0 bridgehead atoms. The lowest BCUT2D eigenvalue weighted by Crippen LogP contribution is -2.38. The molecule has 0 spiro atoms. The van der Waals surface area contributed by atoms with Gasteiger partial charge in [0.05, 0.1) is 10.5 Å². The number of fused-ring (bicyclic) bond motifs is 1. The van der Waals surface area contributed by atoms with Gasteiger partial charge in [0.25, 0.3) is 0 Å². The van der Waals surface area contributed by atoms with Crippen molar-refractivity contribution in [1.29, 1.82) is 0 Å². The summed E-state index contributed by atoms with van der Waals surface area (Å²) in [6, 6.07) is 7.17. The molecule has 116 valence electrons. The summed E-state index contributed by atoms with van der Waals surface area (Å²) in [5.74, 6) is 0. The first-order valence-corrected chi connectivity index (χ1v) is 9.72. The largest absolute Gasteiger partial charge is 0.248 e. The molecule has 1 atom stereocenters. The van der Waals surface area contributed by atoms with E-state index in [2.05, 4.69) is 22.6 Å². The number of hydrogen-bond donors (Lipinski definition) is 0. The third-order valence-electron chi connectivity index (χ3n) is 4.06. The second-order valence-electron chi connectivity index (χ2n) is 5.69. The maximum atomic E-state index is 13.2. The van der Waals surface area contributed by atoms with Gasteiger partial charge in [-0.1, -0.05) is 35.9 Å². The van der Waals surface area contributed by atoms with E-state index >= 15 is 0 Å². The molecular formula is C16H15ClINO2S. The summed E-state index contributed by atoms with van der Waals surface area (Å²) in [6.45, 7) is 3.69. The van der Waals surface area contributed by atoms with Crippen molar-refractivity contribution in [2.75, 3.05) is 0 Å². The minimum absolute atomic E-state index is 0.441. The Bertz CT molecular complexity index is 927. The van der Waals surface area contributed by atoms with Gasteiger partial charge < -0.3 is 0 Å². The van der Waals surface area contributed by atoms with Crippen molar-refractivity contribution >= 4 is 55.1 Å². The molecule has 1 aromatic carbocycles. The van der Waals surface area contributed by atoms with Gasteiger partial charge in [0.2, 0.25) is 10.0 Å². The van der Waals surface area contributed by atoms with Gasteiger partial charge in [-0.05, 0) is 60.6 Å². The third-order valence-corrected chi connectivity index (χ3v) is 7.94. The normalized spacial score (nSPS) is 22.5. The summed E-state index contributed by atoms with van der Waals surface area (Å²) >= 11 is 8.46. The van der Waals surface area contributed by atoms with Crippen molar-refractivity contribution in [2.45, 2.75) is 25.0 Å². The molecule has 1 aliphatic rings. The molecule has 3 nitrogen and oxygen atoms in total. The molecule has 3 rings (SSSR count). The first-order valence-electron chi connectivity index (χ1n) is 6.82. The smallest absolute Gasteiger partial charge is 0.243 e. The van der Waals surface area contributed by atoms with Crippen LogP contribution >= 0.6 is 34.2 Å². The number of benzene rings is 1. The molecule has 22 heavy (non-hydrogen) atoms. The lowest BCUT2D eigenvalue weighted by molar-refractivity contribution is 0.554. The van der Waals surface area contributed by atoms with Crippen molar-refractivity contribution in [3.05, 3.63) is 56.8 Å². The van der Waals surface area contributed by atoms with Crippen LogP contribution in [0.1, 0.15) is 20.3 Å².